The average Bonchev–Trinajstić information content (AvgIpc) is 3.05. The number of rotatable bonds is 4. The van der Waals surface area contributed by atoms with Gasteiger partial charge in [-0.3, -0.25) is 14.4 Å². The van der Waals surface area contributed by atoms with Crippen molar-refractivity contribution in [2.45, 2.75) is 19.4 Å². The second-order valence-electron chi connectivity index (χ2n) is 5.86. The van der Waals surface area contributed by atoms with Gasteiger partial charge in [0.15, 0.2) is 5.76 Å². The van der Waals surface area contributed by atoms with Crippen LogP contribution in [0.5, 0.6) is 0 Å². The van der Waals surface area contributed by atoms with Gasteiger partial charge in [0.2, 0.25) is 0 Å². The number of carbonyl (C=O) groups excluding carboxylic acids is 1. The van der Waals surface area contributed by atoms with E-state index in [1.807, 2.05) is 0 Å². The first kappa shape index (κ1) is 16.0. The molecule has 7 heteroatoms. The van der Waals surface area contributed by atoms with Gasteiger partial charge in [-0.25, -0.2) is 0 Å². The minimum Gasteiger partial charge on any atom is -0.481 e. The highest BCUT2D eigenvalue weighted by Crippen LogP contribution is 2.20. The predicted molar refractivity (Wildman–Crippen MR) is 84.8 cm³/mol. The highest BCUT2D eigenvalue weighted by atomic mass is 16.4. The van der Waals surface area contributed by atoms with Gasteiger partial charge >= 0.3 is 5.97 Å². The Kier molecular flexibility index (Phi) is 4.50. The lowest BCUT2D eigenvalue weighted by Crippen LogP contribution is -2.42. The molecule has 0 saturated carbocycles. The van der Waals surface area contributed by atoms with Crippen LogP contribution in [0.25, 0.3) is 0 Å². The van der Waals surface area contributed by atoms with Crippen LogP contribution in [0.2, 0.25) is 0 Å². The fourth-order valence-corrected chi connectivity index (χ4v) is 2.86. The van der Waals surface area contributed by atoms with Crippen LogP contribution in [0.4, 0.5) is 0 Å². The van der Waals surface area contributed by atoms with Crippen molar-refractivity contribution in [1.29, 1.82) is 0 Å². The van der Waals surface area contributed by atoms with Crippen molar-refractivity contribution in [2.24, 2.45) is 5.92 Å². The smallest absolute Gasteiger partial charge is 0.308 e. The van der Waals surface area contributed by atoms with Crippen molar-refractivity contribution in [2.75, 3.05) is 13.1 Å². The normalized spacial score (nSPS) is 17.7. The maximum Gasteiger partial charge on any atom is 0.308 e. The Hall–Kier alpha value is -2.83. The monoisotopic (exact) mass is 330 g/mol. The number of aliphatic carboxylic acids is 1. The van der Waals surface area contributed by atoms with Crippen LogP contribution >= 0.6 is 0 Å². The quantitative estimate of drug-likeness (QED) is 0.915. The fraction of sp³-hybridized carbons (Fsp3) is 0.353. The third-order valence-electron chi connectivity index (χ3n) is 4.16. The summed E-state index contributed by atoms with van der Waals surface area (Å²) >= 11 is 0. The summed E-state index contributed by atoms with van der Waals surface area (Å²) in [5.74, 6) is -1.05. The van der Waals surface area contributed by atoms with Crippen LogP contribution in [0.15, 0.2) is 45.7 Å². The van der Waals surface area contributed by atoms with Crippen LogP contribution in [0, 0.1) is 5.92 Å². The first-order chi connectivity index (χ1) is 11.5. The molecule has 3 heterocycles. The number of pyridine rings is 1. The van der Waals surface area contributed by atoms with Gasteiger partial charge in [0.05, 0.1) is 12.5 Å². The zero-order valence-electron chi connectivity index (χ0n) is 13.1. The molecular weight excluding hydrogens is 312 g/mol. The molecule has 1 aliphatic heterocycles. The number of likely N-dealkylation sites (tertiary alicyclic amines) is 1. The molecular formula is C17H18N2O5. The Bertz CT molecular complexity index is 807. The minimum atomic E-state index is -0.879. The van der Waals surface area contributed by atoms with E-state index in [1.165, 1.54) is 15.5 Å². The molecule has 1 amide bonds. The highest BCUT2D eigenvalue weighted by molar-refractivity contribution is 5.92. The van der Waals surface area contributed by atoms with Crippen molar-refractivity contribution >= 4 is 11.9 Å². The summed E-state index contributed by atoms with van der Waals surface area (Å²) < 4.78 is 7.04. The lowest BCUT2D eigenvalue weighted by Gasteiger charge is -2.29. The summed E-state index contributed by atoms with van der Waals surface area (Å²) in [4.78, 5) is 36.8. The molecule has 7 nitrogen and oxygen atoms in total. The van der Waals surface area contributed by atoms with Gasteiger partial charge in [-0.2, -0.15) is 0 Å². The van der Waals surface area contributed by atoms with Gasteiger partial charge < -0.3 is 19.0 Å². The number of furan rings is 1. The van der Waals surface area contributed by atoms with E-state index in [0.717, 1.165) is 0 Å². The number of carbonyl (C=O) groups is 2. The molecule has 0 aliphatic carbocycles. The van der Waals surface area contributed by atoms with E-state index in [1.54, 1.807) is 30.5 Å². The van der Waals surface area contributed by atoms with Crippen molar-refractivity contribution in [3.63, 3.8) is 0 Å². The van der Waals surface area contributed by atoms with Gasteiger partial charge in [0, 0.05) is 25.4 Å². The number of piperidine rings is 1. The third-order valence-corrected chi connectivity index (χ3v) is 4.16. The van der Waals surface area contributed by atoms with Gasteiger partial charge in [0.25, 0.3) is 11.5 Å². The Morgan fingerprint density at radius 1 is 1.25 bits per heavy atom. The second-order valence-corrected chi connectivity index (χ2v) is 5.86. The van der Waals surface area contributed by atoms with Crippen molar-refractivity contribution < 1.29 is 19.1 Å². The van der Waals surface area contributed by atoms with Crippen LogP contribution < -0.4 is 5.56 Å². The number of amides is 1. The zero-order valence-corrected chi connectivity index (χ0v) is 13.1. The topological polar surface area (TPSA) is 92.8 Å². The lowest BCUT2D eigenvalue weighted by atomic mass is 9.98. The van der Waals surface area contributed by atoms with Crippen LogP contribution in [0.3, 0.4) is 0 Å². The van der Waals surface area contributed by atoms with E-state index in [-0.39, 0.29) is 30.3 Å². The Morgan fingerprint density at radius 2 is 2.08 bits per heavy atom. The molecule has 2 aromatic rings. The number of hydrogen-bond donors (Lipinski definition) is 1. The Morgan fingerprint density at radius 3 is 2.83 bits per heavy atom. The molecule has 24 heavy (non-hydrogen) atoms. The van der Waals surface area contributed by atoms with Crippen LogP contribution in [-0.4, -0.2) is 39.5 Å². The molecule has 0 aromatic carbocycles. The molecule has 1 unspecified atom stereocenters. The first-order valence-corrected chi connectivity index (χ1v) is 7.81. The maximum atomic E-state index is 12.5. The van der Waals surface area contributed by atoms with Crippen LogP contribution in [-0.2, 0) is 11.3 Å². The van der Waals surface area contributed by atoms with Crippen molar-refractivity contribution in [3.8, 4) is 0 Å². The van der Waals surface area contributed by atoms with E-state index < -0.39 is 11.9 Å². The molecule has 0 radical (unpaired) electrons. The van der Waals surface area contributed by atoms with E-state index >= 15 is 0 Å². The number of carboxylic acids is 1. The number of nitrogens with zero attached hydrogens (tertiary/aromatic N) is 2. The summed E-state index contributed by atoms with van der Waals surface area (Å²) in [5, 5.41) is 9.11. The molecule has 1 fully saturated rings. The highest BCUT2D eigenvalue weighted by Gasteiger charge is 2.29. The Labute approximate surface area is 138 Å². The molecule has 1 saturated heterocycles. The van der Waals surface area contributed by atoms with E-state index in [9.17, 15) is 14.4 Å². The third kappa shape index (κ3) is 3.40. The molecule has 0 bridgehead atoms. The largest absolute Gasteiger partial charge is 0.481 e. The molecule has 2 aromatic heterocycles. The van der Waals surface area contributed by atoms with Crippen molar-refractivity contribution in [1.82, 2.24) is 9.47 Å². The average molecular weight is 330 g/mol. The van der Waals surface area contributed by atoms with Gasteiger partial charge in [-0.15, -0.1) is 0 Å². The van der Waals surface area contributed by atoms with Crippen molar-refractivity contribution in [3.05, 3.63) is 58.4 Å². The molecule has 1 aliphatic rings. The molecule has 1 N–H and O–H groups in total. The number of aromatic nitrogens is 1. The number of carboxylic acid groups (broad SMARTS) is 1. The zero-order chi connectivity index (χ0) is 17.1. The first-order valence-electron chi connectivity index (χ1n) is 7.81. The number of hydrogen-bond acceptors (Lipinski definition) is 4. The molecule has 0 spiro atoms. The minimum absolute atomic E-state index is 0.151. The molecule has 126 valence electrons. The Balaban J connectivity index is 1.71. The predicted octanol–water partition coefficient (Wildman–Crippen LogP) is 1.43. The maximum absolute atomic E-state index is 12.5. The lowest BCUT2D eigenvalue weighted by molar-refractivity contribution is -0.143. The second kappa shape index (κ2) is 6.74. The summed E-state index contributed by atoms with van der Waals surface area (Å²) in [7, 11) is 0. The summed E-state index contributed by atoms with van der Waals surface area (Å²) in [6.07, 6.45) is 2.89. The summed E-state index contributed by atoms with van der Waals surface area (Å²) in [6.45, 7) is 0.962. The standard InChI is InChI=1S/C17H18N2O5/c20-15-5-1-2-8-18(15)11-13-6-7-14(24-13)16(21)19-9-3-4-12(10-19)17(22)23/h1-2,5-8,12H,3-4,9-11H2,(H,22,23). The molecule has 3 rings (SSSR count). The summed E-state index contributed by atoms with van der Waals surface area (Å²) in [5.41, 5.74) is -0.151. The van der Waals surface area contributed by atoms with E-state index in [4.69, 9.17) is 9.52 Å². The van der Waals surface area contributed by atoms with Gasteiger partial charge in [-0.05, 0) is 31.0 Å². The molecule has 1 atom stereocenters. The SMILES string of the molecule is O=C(O)C1CCCN(C(=O)c2ccc(Cn3ccccc3=O)o2)C1. The van der Waals surface area contributed by atoms with Gasteiger partial charge in [-0.1, -0.05) is 6.07 Å². The summed E-state index contributed by atoms with van der Waals surface area (Å²) in [6, 6.07) is 8.08. The van der Waals surface area contributed by atoms with Crippen LogP contribution in [0.1, 0.15) is 29.2 Å². The van der Waals surface area contributed by atoms with E-state index in [0.29, 0.717) is 25.1 Å². The fourth-order valence-electron chi connectivity index (χ4n) is 2.86. The van der Waals surface area contributed by atoms with Gasteiger partial charge in [0.1, 0.15) is 5.76 Å². The van der Waals surface area contributed by atoms with E-state index in [2.05, 4.69) is 0 Å².